The number of likely N-dealkylation sites (tertiary alicyclic amines) is 1. The number of hydrogen-bond acceptors (Lipinski definition) is 7. The fraction of sp³-hybridized carbons (Fsp3) is 0.862. The number of nitrogens with zero attached hydrogens (tertiary/aromatic N) is 1. The van der Waals surface area contributed by atoms with Crippen LogP contribution in [0.5, 0.6) is 0 Å². The highest BCUT2D eigenvalue weighted by Gasteiger charge is 2.72. The van der Waals surface area contributed by atoms with Gasteiger partial charge in [-0.3, -0.25) is 4.79 Å². The van der Waals surface area contributed by atoms with Crippen LogP contribution >= 0.6 is 0 Å². The van der Waals surface area contributed by atoms with E-state index in [-0.39, 0.29) is 35.6 Å². The number of carbonyl (C=O) groups excluding carboxylic acids is 2. The van der Waals surface area contributed by atoms with Gasteiger partial charge in [-0.05, 0) is 78.8 Å². The Morgan fingerprint density at radius 1 is 1.24 bits per heavy atom. The number of alkyl carbamates (subject to hydrolysis) is 1. The van der Waals surface area contributed by atoms with Crippen LogP contribution in [0.4, 0.5) is 4.79 Å². The minimum atomic E-state index is -0.667. The molecular weight excluding hydrogens is 486 g/mol. The van der Waals surface area contributed by atoms with Gasteiger partial charge in [-0.2, -0.15) is 0 Å². The summed E-state index contributed by atoms with van der Waals surface area (Å²) in [6.45, 7) is 12.5. The summed E-state index contributed by atoms with van der Waals surface area (Å²) in [5, 5.41) is 5.85. The maximum Gasteiger partial charge on any atom is 0.408 e. The first-order chi connectivity index (χ1) is 18.0. The van der Waals surface area contributed by atoms with E-state index in [0.29, 0.717) is 25.6 Å². The molecule has 0 aromatic rings. The van der Waals surface area contributed by atoms with Crippen LogP contribution < -0.4 is 10.6 Å². The van der Waals surface area contributed by atoms with Crippen LogP contribution in [-0.2, 0) is 23.7 Å². The SMILES string of the molecule is CO[C@H]1[C@H](C2(C)O[C@@H]2CC=C(C)C)[C@]2(CC[C@H]1OC(=O)N[C@@H](C(=O)NCCC1CCCN1C)C(C)C)CO2. The third-order valence-electron chi connectivity index (χ3n) is 9.17. The molecule has 9 nitrogen and oxygen atoms in total. The molecule has 1 spiro atoms. The maximum atomic E-state index is 13.1. The molecular formula is C29H49N3O6. The number of hydrogen-bond donors (Lipinski definition) is 2. The highest BCUT2D eigenvalue weighted by molar-refractivity contribution is 5.85. The van der Waals surface area contributed by atoms with Gasteiger partial charge in [0.25, 0.3) is 0 Å². The van der Waals surface area contributed by atoms with Gasteiger partial charge in [-0.15, -0.1) is 0 Å². The number of epoxide rings is 2. The first-order valence-corrected chi connectivity index (χ1v) is 14.4. The van der Waals surface area contributed by atoms with Crippen LogP contribution in [-0.4, -0.2) is 92.4 Å². The highest BCUT2D eigenvalue weighted by atomic mass is 16.6. The lowest BCUT2D eigenvalue weighted by molar-refractivity contribution is -0.125. The van der Waals surface area contributed by atoms with Crippen molar-refractivity contribution in [3.8, 4) is 0 Å². The Balaban J connectivity index is 1.34. The van der Waals surface area contributed by atoms with E-state index in [9.17, 15) is 9.59 Å². The number of rotatable bonds is 11. The standard InChI is InChI=1S/C29H49N3O6/c1-18(2)10-11-22-28(5,38-22)25-24(35-7)21(12-14-29(25)17-36-29)37-27(34)31-23(19(3)4)26(33)30-15-13-20-9-8-16-32(20)6/h10,19-25H,8-9,11-17H2,1-7H3,(H,30,33)(H,31,34)/t20?,21-,22-,23-,24-,25-,28?,29+/m1/s1. The molecule has 0 aromatic heterocycles. The van der Waals surface area contributed by atoms with Crippen molar-refractivity contribution in [1.82, 2.24) is 15.5 Å². The molecule has 4 rings (SSSR count). The number of nitrogens with one attached hydrogen (secondary N) is 2. The summed E-state index contributed by atoms with van der Waals surface area (Å²) >= 11 is 0. The molecule has 38 heavy (non-hydrogen) atoms. The zero-order valence-electron chi connectivity index (χ0n) is 24.4. The molecule has 0 aromatic carbocycles. The molecule has 0 bridgehead atoms. The van der Waals surface area contributed by atoms with Crippen molar-refractivity contribution in [3.05, 3.63) is 11.6 Å². The first kappa shape index (κ1) is 29.3. The Labute approximate surface area is 228 Å². The molecule has 1 aliphatic carbocycles. The lowest BCUT2D eigenvalue weighted by Gasteiger charge is -2.42. The summed E-state index contributed by atoms with van der Waals surface area (Å²) in [6.07, 6.45) is 6.46. The summed E-state index contributed by atoms with van der Waals surface area (Å²) in [6, 6.07) is -0.159. The molecule has 216 valence electrons. The third kappa shape index (κ3) is 6.37. The van der Waals surface area contributed by atoms with E-state index < -0.39 is 23.8 Å². The Morgan fingerprint density at radius 3 is 2.55 bits per heavy atom. The van der Waals surface area contributed by atoms with E-state index in [1.165, 1.54) is 18.4 Å². The van der Waals surface area contributed by atoms with Gasteiger partial charge in [0, 0.05) is 19.7 Å². The average Bonchev–Trinajstić information content (AvgIpc) is 3.73. The van der Waals surface area contributed by atoms with E-state index in [2.05, 4.69) is 49.4 Å². The minimum absolute atomic E-state index is 0.0416. The van der Waals surface area contributed by atoms with E-state index in [1.54, 1.807) is 7.11 Å². The number of methoxy groups -OCH3 is 1. The summed E-state index contributed by atoms with van der Waals surface area (Å²) in [4.78, 5) is 28.4. The van der Waals surface area contributed by atoms with Crippen LogP contribution in [0.3, 0.4) is 0 Å². The summed E-state index contributed by atoms with van der Waals surface area (Å²) in [5.74, 6) is -0.291. The van der Waals surface area contributed by atoms with Crippen molar-refractivity contribution in [3.63, 3.8) is 0 Å². The Morgan fingerprint density at radius 2 is 1.97 bits per heavy atom. The number of ether oxygens (including phenoxy) is 4. The second-order valence-corrected chi connectivity index (χ2v) is 12.5. The molecule has 3 aliphatic heterocycles. The monoisotopic (exact) mass is 535 g/mol. The van der Waals surface area contributed by atoms with Crippen LogP contribution in [0.25, 0.3) is 0 Å². The summed E-state index contributed by atoms with van der Waals surface area (Å²) in [7, 11) is 3.80. The molecule has 2 amide bonds. The first-order valence-electron chi connectivity index (χ1n) is 14.4. The van der Waals surface area contributed by atoms with E-state index >= 15 is 0 Å². The minimum Gasteiger partial charge on any atom is -0.443 e. The second kappa shape index (κ2) is 11.8. The Kier molecular flexibility index (Phi) is 9.12. The molecule has 3 saturated heterocycles. The van der Waals surface area contributed by atoms with Gasteiger partial charge >= 0.3 is 6.09 Å². The van der Waals surface area contributed by atoms with E-state index in [4.69, 9.17) is 18.9 Å². The van der Waals surface area contributed by atoms with E-state index in [0.717, 1.165) is 25.8 Å². The molecule has 2 unspecified atom stereocenters. The quantitative estimate of drug-likeness (QED) is 0.309. The molecule has 3 heterocycles. The van der Waals surface area contributed by atoms with Crippen LogP contribution in [0.15, 0.2) is 11.6 Å². The molecule has 1 saturated carbocycles. The van der Waals surface area contributed by atoms with Crippen molar-refractivity contribution in [1.29, 1.82) is 0 Å². The summed E-state index contributed by atoms with van der Waals surface area (Å²) < 4.78 is 24.2. The number of allylic oxidation sites excluding steroid dienone is 1. The molecule has 2 N–H and O–H groups in total. The molecule has 0 radical (unpaired) electrons. The maximum absolute atomic E-state index is 13.1. The largest absolute Gasteiger partial charge is 0.443 e. The summed E-state index contributed by atoms with van der Waals surface area (Å²) in [5.41, 5.74) is 0.592. The predicted molar refractivity (Wildman–Crippen MR) is 145 cm³/mol. The van der Waals surface area contributed by atoms with Crippen molar-refractivity contribution < 1.29 is 28.5 Å². The Bertz CT molecular complexity index is 886. The normalized spacial score (nSPS) is 37.1. The van der Waals surface area contributed by atoms with Gasteiger partial charge in [0.15, 0.2) is 0 Å². The fourth-order valence-corrected chi connectivity index (χ4v) is 6.72. The Hall–Kier alpha value is -1.68. The zero-order valence-corrected chi connectivity index (χ0v) is 24.4. The van der Waals surface area contributed by atoms with Gasteiger partial charge in [0.2, 0.25) is 5.91 Å². The van der Waals surface area contributed by atoms with Crippen molar-refractivity contribution in [2.75, 3.05) is 33.9 Å². The van der Waals surface area contributed by atoms with Gasteiger partial charge < -0.3 is 34.5 Å². The smallest absolute Gasteiger partial charge is 0.408 e. The highest BCUT2D eigenvalue weighted by Crippen LogP contribution is 2.59. The molecule has 4 aliphatic rings. The number of amides is 2. The van der Waals surface area contributed by atoms with Crippen molar-refractivity contribution >= 4 is 12.0 Å². The zero-order chi connectivity index (χ0) is 27.7. The lowest BCUT2D eigenvalue weighted by atomic mass is 9.68. The van der Waals surface area contributed by atoms with Gasteiger partial charge in [0.1, 0.15) is 29.5 Å². The van der Waals surface area contributed by atoms with Crippen LogP contribution in [0.2, 0.25) is 0 Å². The fourth-order valence-electron chi connectivity index (χ4n) is 6.72. The number of carbonyl (C=O) groups is 2. The lowest BCUT2D eigenvalue weighted by Crippen LogP contribution is -2.57. The molecule has 4 fully saturated rings. The molecule has 8 atom stereocenters. The van der Waals surface area contributed by atoms with E-state index in [1.807, 2.05) is 13.8 Å². The topological polar surface area (TPSA) is 105 Å². The van der Waals surface area contributed by atoms with Gasteiger partial charge in [-0.25, -0.2) is 4.79 Å². The van der Waals surface area contributed by atoms with Crippen molar-refractivity contribution in [2.24, 2.45) is 11.8 Å². The van der Waals surface area contributed by atoms with Crippen molar-refractivity contribution in [2.45, 2.75) is 115 Å². The predicted octanol–water partition coefficient (Wildman–Crippen LogP) is 3.41. The molecule has 9 heteroatoms. The van der Waals surface area contributed by atoms with Gasteiger partial charge in [-0.1, -0.05) is 25.5 Å². The third-order valence-corrected chi connectivity index (χ3v) is 9.17. The second-order valence-electron chi connectivity index (χ2n) is 12.5. The van der Waals surface area contributed by atoms with Crippen LogP contribution in [0.1, 0.15) is 73.1 Å². The van der Waals surface area contributed by atoms with Crippen LogP contribution in [0, 0.1) is 11.8 Å². The average molecular weight is 536 g/mol. The van der Waals surface area contributed by atoms with Gasteiger partial charge in [0.05, 0.1) is 18.6 Å².